The Morgan fingerprint density at radius 3 is 2.39 bits per heavy atom. The number of amides is 1. The van der Waals surface area contributed by atoms with E-state index in [1.807, 2.05) is 61.5 Å². The Balaban J connectivity index is 1.55. The van der Waals surface area contributed by atoms with E-state index in [2.05, 4.69) is 10.3 Å². The van der Waals surface area contributed by atoms with E-state index in [4.69, 9.17) is 0 Å². The van der Waals surface area contributed by atoms with Gasteiger partial charge in [-0.15, -0.1) is 0 Å². The van der Waals surface area contributed by atoms with E-state index < -0.39 is 21.0 Å². The minimum Gasteiger partial charge on any atom is -0.361 e. The van der Waals surface area contributed by atoms with Crippen LogP contribution < -0.4 is 5.32 Å². The lowest BCUT2D eigenvalue weighted by atomic mass is 10.1. The van der Waals surface area contributed by atoms with Gasteiger partial charge in [-0.05, 0) is 49.1 Å². The molecule has 33 heavy (non-hydrogen) atoms. The Kier molecular flexibility index (Phi) is 6.94. The lowest BCUT2D eigenvalue weighted by molar-refractivity contribution is -0.120. The first-order chi connectivity index (χ1) is 15.9. The van der Waals surface area contributed by atoms with Crippen molar-refractivity contribution in [2.45, 2.75) is 36.3 Å². The third-order valence-electron chi connectivity index (χ3n) is 5.88. The minimum atomic E-state index is -3.88. The molecule has 0 aliphatic heterocycles. The molecule has 0 aliphatic rings. The molecule has 2 N–H and O–H groups in total. The smallest absolute Gasteiger partial charge is 0.239 e. The molecule has 1 heterocycles. The summed E-state index contributed by atoms with van der Waals surface area (Å²) < 4.78 is 27.1. The Labute approximate surface area is 194 Å². The van der Waals surface area contributed by atoms with Gasteiger partial charge >= 0.3 is 0 Å². The van der Waals surface area contributed by atoms with E-state index in [-0.39, 0.29) is 11.3 Å². The first-order valence-electron chi connectivity index (χ1n) is 11.1. The number of rotatable bonds is 9. The van der Waals surface area contributed by atoms with Crippen molar-refractivity contribution in [1.82, 2.24) is 10.3 Å². The zero-order chi connectivity index (χ0) is 23.3. The van der Waals surface area contributed by atoms with Crippen LogP contribution in [0.4, 0.5) is 0 Å². The second kappa shape index (κ2) is 10.0. The zero-order valence-corrected chi connectivity index (χ0v) is 19.4. The summed E-state index contributed by atoms with van der Waals surface area (Å²) in [5.41, 5.74) is 3.88. The number of fused-ring (bicyclic) bond motifs is 1. The third kappa shape index (κ3) is 5.34. The Morgan fingerprint density at radius 2 is 1.64 bits per heavy atom. The number of aromatic nitrogens is 1. The normalized spacial score (nSPS) is 12.5. The summed E-state index contributed by atoms with van der Waals surface area (Å²) in [5.74, 6) is -0.464. The van der Waals surface area contributed by atoms with Crippen molar-refractivity contribution < 1.29 is 13.2 Å². The Morgan fingerprint density at radius 1 is 0.939 bits per heavy atom. The fourth-order valence-electron chi connectivity index (χ4n) is 4.00. The van der Waals surface area contributed by atoms with Crippen molar-refractivity contribution in [3.8, 4) is 0 Å². The number of para-hydroxylation sites is 1. The Hall–Kier alpha value is -3.38. The van der Waals surface area contributed by atoms with Crippen molar-refractivity contribution in [1.29, 1.82) is 0 Å². The number of carbonyl (C=O) groups excluding carboxylic acids is 1. The number of nitrogens with one attached hydrogen (secondary N) is 2. The minimum absolute atomic E-state index is 0.102. The number of hydrogen-bond donors (Lipinski definition) is 2. The van der Waals surface area contributed by atoms with Gasteiger partial charge < -0.3 is 10.3 Å². The van der Waals surface area contributed by atoms with Gasteiger partial charge in [0.25, 0.3) is 0 Å². The highest BCUT2D eigenvalue weighted by atomic mass is 32.2. The second-order valence-corrected chi connectivity index (χ2v) is 10.4. The van der Waals surface area contributed by atoms with E-state index in [0.717, 1.165) is 34.9 Å². The molecular formula is C27H28N2O3S. The van der Waals surface area contributed by atoms with Crippen molar-refractivity contribution in [3.05, 3.63) is 102 Å². The van der Waals surface area contributed by atoms with Crippen LogP contribution in [-0.4, -0.2) is 31.1 Å². The SMILES string of the molecule is Cc1ccc(S(=O)(=O)[C@@H](Cc2c[nH]c3ccccc23)C(=O)NCCCc2ccccc2)cc1. The van der Waals surface area contributed by atoms with Crippen molar-refractivity contribution in [2.24, 2.45) is 0 Å². The van der Waals surface area contributed by atoms with Gasteiger partial charge in [-0.2, -0.15) is 0 Å². The van der Waals surface area contributed by atoms with Gasteiger partial charge in [-0.25, -0.2) is 8.42 Å². The van der Waals surface area contributed by atoms with Crippen molar-refractivity contribution >= 4 is 26.6 Å². The molecule has 1 amide bonds. The van der Waals surface area contributed by atoms with Crippen LogP contribution >= 0.6 is 0 Å². The number of hydrogen-bond acceptors (Lipinski definition) is 3. The van der Waals surface area contributed by atoms with E-state index >= 15 is 0 Å². The number of aromatic amines is 1. The van der Waals surface area contributed by atoms with Gasteiger partial charge in [0.1, 0.15) is 5.25 Å². The van der Waals surface area contributed by atoms with E-state index in [9.17, 15) is 13.2 Å². The van der Waals surface area contributed by atoms with Crippen LogP contribution in [0.25, 0.3) is 10.9 Å². The van der Waals surface area contributed by atoms with Crippen LogP contribution in [0.15, 0.2) is 90.0 Å². The second-order valence-electron chi connectivity index (χ2n) is 8.29. The highest BCUT2D eigenvalue weighted by Crippen LogP contribution is 2.25. The quantitative estimate of drug-likeness (QED) is 0.358. The average molecular weight is 461 g/mol. The summed E-state index contributed by atoms with van der Waals surface area (Å²) in [6.07, 6.45) is 3.45. The largest absolute Gasteiger partial charge is 0.361 e. The molecule has 0 saturated carbocycles. The third-order valence-corrected chi connectivity index (χ3v) is 7.94. The summed E-state index contributed by atoms with van der Waals surface area (Å²) in [4.78, 5) is 16.5. The van der Waals surface area contributed by atoms with Gasteiger partial charge in [-0.1, -0.05) is 66.2 Å². The van der Waals surface area contributed by atoms with Crippen LogP contribution in [0, 0.1) is 6.92 Å². The number of carbonyl (C=O) groups is 1. The van der Waals surface area contributed by atoms with Crippen molar-refractivity contribution in [2.75, 3.05) is 6.54 Å². The van der Waals surface area contributed by atoms with Gasteiger partial charge in [0.2, 0.25) is 5.91 Å². The topological polar surface area (TPSA) is 79.0 Å². The standard InChI is InChI=1S/C27H28N2O3S/c1-20-13-15-23(16-14-20)33(31,32)26(18-22-19-29-25-12-6-5-11-24(22)25)27(30)28-17-7-10-21-8-3-2-4-9-21/h2-6,8-9,11-16,19,26,29H,7,10,17-18H2,1H3,(H,28,30)/t26-/m0/s1. The molecule has 6 heteroatoms. The number of H-pyrrole nitrogens is 1. The fourth-order valence-corrected chi connectivity index (χ4v) is 5.61. The molecule has 3 aromatic carbocycles. The zero-order valence-electron chi connectivity index (χ0n) is 18.6. The van der Waals surface area contributed by atoms with Gasteiger partial charge in [0, 0.05) is 30.1 Å². The molecule has 0 unspecified atom stereocenters. The molecule has 1 aromatic heterocycles. The van der Waals surface area contributed by atoms with Gasteiger partial charge in [0.15, 0.2) is 9.84 Å². The Bertz CT molecular complexity index is 1330. The van der Waals surface area contributed by atoms with Crippen LogP contribution in [0.1, 0.15) is 23.1 Å². The molecule has 5 nitrogen and oxygen atoms in total. The first kappa shape index (κ1) is 22.8. The molecule has 0 saturated heterocycles. The monoisotopic (exact) mass is 460 g/mol. The molecule has 0 bridgehead atoms. The number of sulfone groups is 1. The molecule has 0 fully saturated rings. The van der Waals surface area contributed by atoms with Crippen LogP contribution in [0.5, 0.6) is 0 Å². The van der Waals surface area contributed by atoms with Gasteiger partial charge in [0.05, 0.1) is 4.90 Å². The van der Waals surface area contributed by atoms with Crippen LogP contribution in [0.2, 0.25) is 0 Å². The van der Waals surface area contributed by atoms with Gasteiger partial charge in [-0.3, -0.25) is 4.79 Å². The molecular weight excluding hydrogens is 432 g/mol. The van der Waals surface area contributed by atoms with E-state index in [0.29, 0.717) is 6.54 Å². The summed E-state index contributed by atoms with van der Waals surface area (Å²) in [5, 5.41) is 2.59. The lowest BCUT2D eigenvalue weighted by Gasteiger charge is -2.18. The lowest BCUT2D eigenvalue weighted by Crippen LogP contribution is -2.41. The first-order valence-corrected chi connectivity index (χ1v) is 12.7. The maximum Gasteiger partial charge on any atom is 0.239 e. The molecule has 1 atom stereocenters. The fraction of sp³-hybridized carbons (Fsp3) is 0.222. The molecule has 0 spiro atoms. The number of benzene rings is 3. The van der Waals surface area contributed by atoms with E-state index in [1.165, 1.54) is 5.56 Å². The number of aryl methyl sites for hydroxylation is 2. The summed E-state index contributed by atoms with van der Waals surface area (Å²) >= 11 is 0. The highest BCUT2D eigenvalue weighted by molar-refractivity contribution is 7.92. The molecule has 0 aliphatic carbocycles. The highest BCUT2D eigenvalue weighted by Gasteiger charge is 2.34. The maximum absolute atomic E-state index is 13.5. The van der Waals surface area contributed by atoms with Crippen LogP contribution in [0.3, 0.4) is 0 Å². The maximum atomic E-state index is 13.5. The predicted octanol–water partition coefficient (Wildman–Crippen LogP) is 4.61. The predicted molar refractivity (Wildman–Crippen MR) is 132 cm³/mol. The molecule has 4 aromatic rings. The summed E-state index contributed by atoms with van der Waals surface area (Å²) in [6.45, 7) is 2.32. The molecule has 4 rings (SSSR count). The summed E-state index contributed by atoms with van der Waals surface area (Å²) in [7, 11) is -3.88. The van der Waals surface area contributed by atoms with Crippen molar-refractivity contribution in [3.63, 3.8) is 0 Å². The van der Waals surface area contributed by atoms with Crippen LogP contribution in [-0.2, 0) is 27.5 Å². The summed E-state index contributed by atoms with van der Waals surface area (Å²) in [6, 6.07) is 24.4. The van der Waals surface area contributed by atoms with E-state index in [1.54, 1.807) is 30.5 Å². The average Bonchev–Trinajstić information content (AvgIpc) is 3.24. The molecule has 0 radical (unpaired) electrons. The molecule has 170 valence electrons.